The first-order valence-corrected chi connectivity index (χ1v) is 9.50. The average Bonchev–Trinajstić information content (AvgIpc) is 3.06. The van der Waals surface area contributed by atoms with Crippen molar-refractivity contribution in [3.05, 3.63) is 21.8 Å². The molecule has 3 N–H and O–H groups in total. The van der Waals surface area contributed by atoms with Gasteiger partial charge in [0.15, 0.2) is 5.16 Å². The van der Waals surface area contributed by atoms with E-state index in [1.54, 1.807) is 0 Å². The van der Waals surface area contributed by atoms with Gasteiger partial charge in [0.25, 0.3) is 5.91 Å². The zero-order chi connectivity index (χ0) is 17.3. The van der Waals surface area contributed by atoms with Gasteiger partial charge < -0.3 is 15.6 Å². The monoisotopic (exact) mass is 365 g/mol. The van der Waals surface area contributed by atoms with Crippen LogP contribution in [0.15, 0.2) is 5.16 Å². The molecule has 2 aromatic rings. The first-order valence-electron chi connectivity index (χ1n) is 7.70. The maximum Gasteiger partial charge on any atom is 0.251 e. The van der Waals surface area contributed by atoms with E-state index in [1.807, 2.05) is 18.5 Å². The topological polar surface area (TPSA) is 103 Å². The number of anilines is 1. The Hall–Kier alpha value is -1.87. The second kappa shape index (κ2) is 6.94. The number of nitrogens with two attached hydrogens (primary N) is 1. The van der Waals surface area contributed by atoms with E-state index < -0.39 is 5.91 Å². The van der Waals surface area contributed by atoms with Crippen LogP contribution in [0, 0.1) is 6.92 Å². The first-order chi connectivity index (χ1) is 11.5. The second-order valence-corrected chi connectivity index (χ2v) is 7.75. The van der Waals surface area contributed by atoms with Gasteiger partial charge in [-0.25, -0.2) is 0 Å². The summed E-state index contributed by atoms with van der Waals surface area (Å²) in [4.78, 5) is 25.2. The molecule has 0 fully saturated rings. The van der Waals surface area contributed by atoms with Crippen molar-refractivity contribution in [3.63, 3.8) is 0 Å². The number of carbonyl (C=O) groups excluding carboxylic acids is 2. The summed E-state index contributed by atoms with van der Waals surface area (Å²) >= 11 is 2.78. The van der Waals surface area contributed by atoms with Crippen LogP contribution in [-0.4, -0.2) is 32.3 Å². The third-order valence-electron chi connectivity index (χ3n) is 4.06. The largest absolute Gasteiger partial charge is 0.365 e. The predicted octanol–water partition coefficient (Wildman–Crippen LogP) is 1.89. The summed E-state index contributed by atoms with van der Waals surface area (Å²) in [5.74, 6) is 0.343. The van der Waals surface area contributed by atoms with Crippen LogP contribution in [-0.2, 0) is 24.7 Å². The molecule has 3 rings (SSSR count). The smallest absolute Gasteiger partial charge is 0.251 e. The summed E-state index contributed by atoms with van der Waals surface area (Å²) in [6.45, 7) is 1.85. The predicted molar refractivity (Wildman–Crippen MR) is 94.6 cm³/mol. The summed E-state index contributed by atoms with van der Waals surface area (Å²) in [6, 6.07) is 0. The number of aryl methyl sites for hydroxylation is 2. The maximum absolute atomic E-state index is 12.3. The zero-order valence-corrected chi connectivity index (χ0v) is 15.2. The Morgan fingerprint density at radius 2 is 2.08 bits per heavy atom. The molecule has 0 radical (unpaired) electrons. The van der Waals surface area contributed by atoms with E-state index in [1.165, 1.54) is 28.0 Å². The number of nitrogens with zero attached hydrogens (tertiary/aromatic N) is 3. The number of rotatable bonds is 5. The van der Waals surface area contributed by atoms with E-state index in [2.05, 4.69) is 15.5 Å². The van der Waals surface area contributed by atoms with Crippen LogP contribution in [0.4, 0.5) is 5.00 Å². The molecule has 1 aliphatic carbocycles. The zero-order valence-electron chi connectivity index (χ0n) is 13.6. The molecule has 0 unspecified atom stereocenters. The van der Waals surface area contributed by atoms with Gasteiger partial charge in [0, 0.05) is 11.9 Å². The Bertz CT molecular complexity index is 796. The summed E-state index contributed by atoms with van der Waals surface area (Å²) in [5, 5.41) is 12.1. The molecule has 2 heterocycles. The van der Waals surface area contributed by atoms with Crippen LogP contribution >= 0.6 is 23.1 Å². The van der Waals surface area contributed by atoms with Crippen LogP contribution in [0.1, 0.15) is 39.5 Å². The highest BCUT2D eigenvalue weighted by molar-refractivity contribution is 7.99. The Balaban J connectivity index is 1.71. The molecule has 0 saturated heterocycles. The quantitative estimate of drug-likeness (QED) is 0.788. The Morgan fingerprint density at radius 1 is 1.33 bits per heavy atom. The lowest BCUT2D eigenvalue weighted by Crippen LogP contribution is -2.19. The Labute approximate surface area is 148 Å². The lowest BCUT2D eigenvalue weighted by molar-refractivity contribution is -0.113. The third-order valence-corrected chi connectivity index (χ3v) is 6.28. The summed E-state index contributed by atoms with van der Waals surface area (Å²) in [7, 11) is 1.86. The van der Waals surface area contributed by atoms with Gasteiger partial charge in [0.1, 0.15) is 10.8 Å². The highest BCUT2D eigenvalue weighted by Gasteiger charge is 2.25. The van der Waals surface area contributed by atoms with Gasteiger partial charge in [-0.2, -0.15) is 0 Å². The molecule has 0 spiro atoms. The number of fused-ring (bicyclic) bond motifs is 1. The van der Waals surface area contributed by atoms with Crippen molar-refractivity contribution in [2.45, 2.75) is 37.8 Å². The molecular weight excluding hydrogens is 346 g/mol. The number of thiophene rings is 1. The minimum absolute atomic E-state index is 0.179. The van der Waals surface area contributed by atoms with Gasteiger partial charge in [-0.1, -0.05) is 11.8 Å². The van der Waals surface area contributed by atoms with E-state index in [0.717, 1.165) is 37.1 Å². The van der Waals surface area contributed by atoms with Crippen molar-refractivity contribution in [2.75, 3.05) is 11.1 Å². The number of thioether (sulfide) groups is 1. The molecule has 0 bridgehead atoms. The van der Waals surface area contributed by atoms with Crippen molar-refractivity contribution in [1.29, 1.82) is 0 Å². The van der Waals surface area contributed by atoms with Crippen molar-refractivity contribution in [1.82, 2.24) is 14.8 Å². The molecule has 1 aliphatic rings. The number of primary amides is 1. The lowest BCUT2D eigenvalue weighted by Gasteiger charge is -2.11. The molecule has 24 heavy (non-hydrogen) atoms. The number of hydrogen-bond donors (Lipinski definition) is 2. The molecule has 0 atom stereocenters. The Kier molecular flexibility index (Phi) is 4.91. The fourth-order valence-electron chi connectivity index (χ4n) is 2.72. The number of carbonyl (C=O) groups is 2. The van der Waals surface area contributed by atoms with Crippen LogP contribution < -0.4 is 11.1 Å². The summed E-state index contributed by atoms with van der Waals surface area (Å²) in [6.07, 6.45) is 3.97. The summed E-state index contributed by atoms with van der Waals surface area (Å²) in [5.41, 5.74) is 7.04. The van der Waals surface area contributed by atoms with Gasteiger partial charge >= 0.3 is 0 Å². The van der Waals surface area contributed by atoms with E-state index in [4.69, 9.17) is 5.73 Å². The molecule has 128 valence electrons. The first kappa shape index (κ1) is 17.0. The van der Waals surface area contributed by atoms with Gasteiger partial charge in [-0.15, -0.1) is 21.5 Å². The third kappa shape index (κ3) is 3.32. The van der Waals surface area contributed by atoms with Crippen LogP contribution in [0.3, 0.4) is 0 Å². The second-order valence-electron chi connectivity index (χ2n) is 5.70. The van der Waals surface area contributed by atoms with Crippen LogP contribution in [0.2, 0.25) is 0 Å². The molecule has 2 aromatic heterocycles. The number of nitrogens with one attached hydrogen (secondary N) is 1. The standard InChI is InChI=1S/C15H19N5O2S2/c1-8-18-19-15(20(8)2)23-7-11(21)17-14-12(13(16)22)9-5-3-4-6-10(9)24-14/h3-7H2,1-2H3,(H2,16,22)(H,17,21). The van der Waals surface area contributed by atoms with Gasteiger partial charge in [-0.05, 0) is 38.2 Å². The minimum atomic E-state index is -0.471. The van der Waals surface area contributed by atoms with Crippen LogP contribution in [0.25, 0.3) is 0 Å². The molecule has 0 aromatic carbocycles. The maximum atomic E-state index is 12.3. The minimum Gasteiger partial charge on any atom is -0.365 e. The number of amides is 2. The lowest BCUT2D eigenvalue weighted by atomic mass is 9.95. The number of aromatic nitrogens is 3. The van der Waals surface area contributed by atoms with E-state index in [9.17, 15) is 9.59 Å². The van der Waals surface area contributed by atoms with Gasteiger partial charge in [0.2, 0.25) is 5.91 Å². The molecule has 0 saturated carbocycles. The normalized spacial score (nSPS) is 13.6. The van der Waals surface area contributed by atoms with Crippen molar-refractivity contribution >= 4 is 39.9 Å². The Morgan fingerprint density at radius 3 is 2.75 bits per heavy atom. The van der Waals surface area contributed by atoms with Gasteiger partial charge in [0.05, 0.1) is 11.3 Å². The molecule has 7 nitrogen and oxygen atoms in total. The van der Waals surface area contributed by atoms with E-state index in [0.29, 0.717) is 15.7 Å². The summed E-state index contributed by atoms with van der Waals surface area (Å²) < 4.78 is 1.83. The highest BCUT2D eigenvalue weighted by Crippen LogP contribution is 2.38. The van der Waals surface area contributed by atoms with E-state index in [-0.39, 0.29) is 11.7 Å². The molecule has 2 amide bonds. The van der Waals surface area contributed by atoms with Gasteiger partial charge in [-0.3, -0.25) is 9.59 Å². The van der Waals surface area contributed by atoms with E-state index >= 15 is 0 Å². The van der Waals surface area contributed by atoms with Crippen molar-refractivity contribution in [2.24, 2.45) is 12.8 Å². The molecular formula is C15H19N5O2S2. The fourth-order valence-corrected chi connectivity index (χ4v) is 4.79. The van der Waals surface area contributed by atoms with Crippen molar-refractivity contribution in [3.8, 4) is 0 Å². The number of hydrogen-bond acceptors (Lipinski definition) is 6. The SMILES string of the molecule is Cc1nnc(SCC(=O)Nc2sc3c(c2C(N)=O)CCCC3)n1C. The highest BCUT2D eigenvalue weighted by atomic mass is 32.2. The molecule has 0 aliphatic heterocycles. The van der Waals surface area contributed by atoms with Crippen LogP contribution in [0.5, 0.6) is 0 Å². The fraction of sp³-hybridized carbons (Fsp3) is 0.467. The van der Waals surface area contributed by atoms with Crippen molar-refractivity contribution < 1.29 is 9.59 Å². The molecule has 9 heteroatoms. The average molecular weight is 365 g/mol.